The molecule has 26 heavy (non-hydrogen) atoms. The van der Waals surface area contributed by atoms with Crippen LogP contribution in [0.25, 0.3) is 10.2 Å². The van der Waals surface area contributed by atoms with Gasteiger partial charge in [0.25, 0.3) is 0 Å². The number of aryl methyl sites for hydroxylation is 2. The standard InChI is InChI=1S/C20H28N4OS/c1-23-9-4-7-20(12-25)8-10-24(11-16(20)23)18-17-14-5-2-3-6-15(14)26-19(17)22-13-21-18/h13,16,25H,2-12H2,1H3/t16-,20-/m1/s1. The van der Waals surface area contributed by atoms with Gasteiger partial charge in [0.15, 0.2) is 0 Å². The fourth-order valence-corrected chi connectivity index (χ4v) is 6.75. The Morgan fingerprint density at radius 2 is 2.08 bits per heavy atom. The molecule has 1 N–H and O–H groups in total. The number of aromatic nitrogens is 2. The van der Waals surface area contributed by atoms with Crippen LogP contribution in [0.4, 0.5) is 5.82 Å². The maximum absolute atomic E-state index is 10.2. The van der Waals surface area contributed by atoms with E-state index in [9.17, 15) is 5.11 Å². The molecule has 0 radical (unpaired) electrons. The Kier molecular flexibility index (Phi) is 4.18. The number of likely N-dealkylation sites (tertiary alicyclic amines) is 1. The summed E-state index contributed by atoms with van der Waals surface area (Å²) < 4.78 is 0. The second-order valence-electron chi connectivity index (χ2n) is 8.40. The lowest BCUT2D eigenvalue weighted by atomic mass is 9.69. The van der Waals surface area contributed by atoms with Crippen molar-refractivity contribution in [2.75, 3.05) is 38.2 Å². The molecule has 2 aromatic heterocycles. The molecule has 6 heteroatoms. The van der Waals surface area contributed by atoms with Crippen molar-refractivity contribution in [3.05, 3.63) is 16.8 Å². The molecule has 0 amide bonds. The van der Waals surface area contributed by atoms with Crippen LogP contribution in [0.2, 0.25) is 0 Å². The van der Waals surface area contributed by atoms with Crippen molar-refractivity contribution in [2.24, 2.45) is 5.41 Å². The second kappa shape index (κ2) is 6.43. The van der Waals surface area contributed by atoms with Gasteiger partial charge in [-0.2, -0.15) is 0 Å². The van der Waals surface area contributed by atoms with Crippen molar-refractivity contribution in [1.29, 1.82) is 0 Å². The lowest BCUT2D eigenvalue weighted by Gasteiger charge is -2.53. The number of thiophene rings is 1. The molecule has 0 spiro atoms. The van der Waals surface area contributed by atoms with Gasteiger partial charge in [0.2, 0.25) is 0 Å². The van der Waals surface area contributed by atoms with Crippen LogP contribution < -0.4 is 4.90 Å². The first-order chi connectivity index (χ1) is 12.7. The van der Waals surface area contributed by atoms with Crippen LogP contribution in [0.1, 0.15) is 42.5 Å². The maximum atomic E-state index is 10.2. The summed E-state index contributed by atoms with van der Waals surface area (Å²) in [4.78, 5) is 17.0. The summed E-state index contributed by atoms with van der Waals surface area (Å²) in [5.74, 6) is 1.14. The SMILES string of the molecule is CN1CCC[C@]2(CO)CCN(c3ncnc4sc5c(c34)CCCC5)C[C@@H]12. The molecule has 2 aromatic rings. The van der Waals surface area contributed by atoms with Crippen molar-refractivity contribution < 1.29 is 5.11 Å². The molecule has 2 atom stereocenters. The third kappa shape index (κ3) is 2.49. The van der Waals surface area contributed by atoms with E-state index in [-0.39, 0.29) is 5.41 Å². The fourth-order valence-electron chi connectivity index (χ4n) is 5.52. The summed E-state index contributed by atoms with van der Waals surface area (Å²) in [6.45, 7) is 3.39. The van der Waals surface area contributed by atoms with Crippen LogP contribution in [0, 0.1) is 5.41 Å². The Bertz CT molecular complexity index is 821. The zero-order valence-electron chi connectivity index (χ0n) is 15.6. The number of rotatable bonds is 2. The highest BCUT2D eigenvalue weighted by Gasteiger charge is 2.47. The summed E-state index contributed by atoms with van der Waals surface area (Å²) >= 11 is 1.88. The highest BCUT2D eigenvalue weighted by Crippen LogP contribution is 2.44. The molecular formula is C20H28N4OS. The van der Waals surface area contributed by atoms with Gasteiger partial charge in [-0.05, 0) is 64.1 Å². The highest BCUT2D eigenvalue weighted by molar-refractivity contribution is 7.19. The van der Waals surface area contributed by atoms with Gasteiger partial charge >= 0.3 is 0 Å². The summed E-state index contributed by atoms with van der Waals surface area (Å²) in [6.07, 6.45) is 10.1. The number of aliphatic hydroxyl groups is 1. The zero-order valence-corrected chi connectivity index (χ0v) is 16.4. The van der Waals surface area contributed by atoms with E-state index >= 15 is 0 Å². The Labute approximate surface area is 159 Å². The number of hydrogen-bond donors (Lipinski definition) is 1. The molecule has 0 bridgehead atoms. The first-order valence-corrected chi connectivity index (χ1v) is 10.8. The van der Waals surface area contributed by atoms with Crippen LogP contribution >= 0.6 is 11.3 Å². The molecule has 0 aromatic carbocycles. The van der Waals surface area contributed by atoms with Crippen molar-refractivity contribution in [3.63, 3.8) is 0 Å². The molecule has 1 aliphatic carbocycles. The average Bonchev–Trinajstić information content (AvgIpc) is 3.07. The molecule has 2 saturated heterocycles. The quantitative estimate of drug-likeness (QED) is 0.878. The lowest BCUT2D eigenvalue weighted by molar-refractivity contribution is -0.0277. The van der Waals surface area contributed by atoms with Gasteiger partial charge in [-0.25, -0.2) is 9.97 Å². The maximum Gasteiger partial charge on any atom is 0.141 e. The largest absolute Gasteiger partial charge is 0.396 e. The van der Waals surface area contributed by atoms with Gasteiger partial charge in [-0.15, -0.1) is 11.3 Å². The monoisotopic (exact) mass is 372 g/mol. The number of nitrogens with zero attached hydrogens (tertiary/aromatic N) is 4. The molecule has 2 aliphatic heterocycles. The van der Waals surface area contributed by atoms with Crippen molar-refractivity contribution in [2.45, 2.75) is 51.0 Å². The Hall–Kier alpha value is -1.24. The minimum Gasteiger partial charge on any atom is -0.396 e. The van der Waals surface area contributed by atoms with Crippen LogP contribution in [0.15, 0.2) is 6.33 Å². The van der Waals surface area contributed by atoms with E-state index < -0.39 is 0 Å². The van der Waals surface area contributed by atoms with Crippen LogP contribution in [0.3, 0.4) is 0 Å². The van der Waals surface area contributed by atoms with E-state index in [4.69, 9.17) is 4.98 Å². The van der Waals surface area contributed by atoms with Crippen LogP contribution in [-0.4, -0.2) is 59.3 Å². The zero-order chi connectivity index (χ0) is 17.7. The fraction of sp³-hybridized carbons (Fsp3) is 0.700. The van der Waals surface area contributed by atoms with Gasteiger partial charge in [0.1, 0.15) is 17.0 Å². The minimum absolute atomic E-state index is 0.0731. The molecule has 0 unspecified atom stereocenters. The Balaban J connectivity index is 1.54. The summed E-state index contributed by atoms with van der Waals surface area (Å²) in [7, 11) is 2.22. The number of aliphatic hydroxyl groups excluding tert-OH is 1. The predicted molar refractivity (Wildman–Crippen MR) is 106 cm³/mol. The lowest BCUT2D eigenvalue weighted by Crippen LogP contribution is -2.61. The number of fused-ring (bicyclic) bond motifs is 4. The van der Waals surface area contributed by atoms with Crippen LogP contribution in [0.5, 0.6) is 0 Å². The van der Waals surface area contributed by atoms with E-state index in [0.29, 0.717) is 12.6 Å². The Morgan fingerprint density at radius 3 is 2.96 bits per heavy atom. The topological polar surface area (TPSA) is 52.5 Å². The summed E-state index contributed by atoms with van der Waals surface area (Å²) in [5.41, 5.74) is 1.59. The van der Waals surface area contributed by atoms with Gasteiger partial charge in [-0.1, -0.05) is 0 Å². The first-order valence-electron chi connectivity index (χ1n) is 10.0. The molecule has 4 heterocycles. The van der Waals surface area contributed by atoms with E-state index in [1.54, 1.807) is 6.33 Å². The van der Waals surface area contributed by atoms with Crippen LogP contribution in [-0.2, 0) is 12.8 Å². The normalized spacial score (nSPS) is 29.6. The van der Waals surface area contributed by atoms with Crippen molar-refractivity contribution >= 4 is 27.4 Å². The third-order valence-electron chi connectivity index (χ3n) is 7.04. The molecule has 3 aliphatic rings. The molecular weight excluding hydrogens is 344 g/mol. The van der Waals surface area contributed by atoms with E-state index in [1.807, 2.05) is 11.3 Å². The molecule has 5 nitrogen and oxygen atoms in total. The highest BCUT2D eigenvalue weighted by atomic mass is 32.1. The smallest absolute Gasteiger partial charge is 0.141 e. The second-order valence-corrected chi connectivity index (χ2v) is 9.49. The summed E-state index contributed by atoms with van der Waals surface area (Å²) in [5, 5.41) is 11.5. The third-order valence-corrected chi connectivity index (χ3v) is 8.24. The molecule has 0 saturated carbocycles. The van der Waals surface area contributed by atoms with Gasteiger partial charge in [0.05, 0.1) is 12.0 Å². The summed E-state index contributed by atoms with van der Waals surface area (Å²) in [6, 6.07) is 0.412. The predicted octanol–water partition coefficient (Wildman–Crippen LogP) is 2.85. The Morgan fingerprint density at radius 1 is 1.19 bits per heavy atom. The number of likely N-dealkylation sites (N-methyl/N-ethyl adjacent to an activating group) is 1. The van der Waals surface area contributed by atoms with Crippen molar-refractivity contribution in [1.82, 2.24) is 14.9 Å². The van der Waals surface area contributed by atoms with Gasteiger partial charge in [-0.3, -0.25) is 0 Å². The van der Waals surface area contributed by atoms with Gasteiger partial charge < -0.3 is 14.9 Å². The average molecular weight is 373 g/mol. The number of piperidine rings is 2. The van der Waals surface area contributed by atoms with E-state index in [0.717, 1.165) is 43.1 Å². The van der Waals surface area contributed by atoms with E-state index in [1.165, 1.54) is 47.9 Å². The van der Waals surface area contributed by atoms with E-state index in [2.05, 4.69) is 21.8 Å². The first kappa shape index (κ1) is 16.9. The molecule has 140 valence electrons. The van der Waals surface area contributed by atoms with Crippen molar-refractivity contribution in [3.8, 4) is 0 Å². The molecule has 5 rings (SSSR count). The number of anilines is 1. The molecule has 2 fully saturated rings. The van der Waals surface area contributed by atoms with Gasteiger partial charge in [0, 0.05) is 29.4 Å². The minimum atomic E-state index is 0.0731. The number of hydrogen-bond acceptors (Lipinski definition) is 6.